The van der Waals surface area contributed by atoms with Crippen molar-refractivity contribution in [2.45, 2.75) is 13.3 Å². The van der Waals surface area contributed by atoms with Crippen molar-refractivity contribution in [3.8, 4) is 0 Å². The molecule has 0 aliphatic heterocycles. The van der Waals surface area contributed by atoms with Crippen molar-refractivity contribution in [3.63, 3.8) is 0 Å². The fraction of sp³-hybridized carbons (Fsp3) is 0.600. The number of nitrogens with one attached hydrogen (secondary N) is 2. The zero-order valence-electron chi connectivity index (χ0n) is 10.3. The molecule has 1 aromatic rings. The lowest BCUT2D eigenvalue weighted by Crippen LogP contribution is -2.15. The molecular weight excluding hydrogens is 240 g/mol. The van der Waals surface area contributed by atoms with Crippen LogP contribution < -0.4 is 10.6 Å². The molecule has 1 rings (SSSR count). The van der Waals surface area contributed by atoms with Crippen molar-refractivity contribution < 1.29 is 8.42 Å². The van der Waals surface area contributed by atoms with E-state index in [9.17, 15) is 8.42 Å². The van der Waals surface area contributed by atoms with Crippen LogP contribution in [0.4, 0.5) is 11.6 Å². The second-order valence-electron chi connectivity index (χ2n) is 3.71. The number of anilines is 2. The lowest BCUT2D eigenvalue weighted by atomic mass is 10.4. The van der Waals surface area contributed by atoms with Crippen molar-refractivity contribution in [3.05, 3.63) is 11.9 Å². The minimum atomic E-state index is -2.95. The van der Waals surface area contributed by atoms with Gasteiger partial charge in [-0.3, -0.25) is 0 Å². The van der Waals surface area contributed by atoms with Gasteiger partial charge in [0.25, 0.3) is 0 Å². The predicted molar refractivity (Wildman–Crippen MR) is 69.2 cm³/mol. The summed E-state index contributed by atoms with van der Waals surface area (Å²) in [6.45, 7) is 2.32. The Balaban J connectivity index is 2.70. The normalized spacial score (nSPS) is 11.2. The Labute approximate surface area is 102 Å². The van der Waals surface area contributed by atoms with E-state index in [0.717, 1.165) is 18.1 Å². The maximum Gasteiger partial charge on any atom is 0.149 e. The summed E-state index contributed by atoms with van der Waals surface area (Å²) < 4.78 is 22.0. The first-order valence-electron chi connectivity index (χ1n) is 5.42. The first-order valence-corrected chi connectivity index (χ1v) is 7.48. The zero-order chi connectivity index (χ0) is 12.9. The second-order valence-corrected chi connectivity index (χ2v) is 5.97. The molecule has 0 saturated carbocycles. The minimum Gasteiger partial charge on any atom is -0.373 e. The molecule has 7 heteroatoms. The Kier molecular flexibility index (Phi) is 4.68. The lowest BCUT2D eigenvalue weighted by molar-refractivity contribution is 0.602. The van der Waals surface area contributed by atoms with Crippen molar-refractivity contribution in [2.24, 2.45) is 0 Å². The zero-order valence-corrected chi connectivity index (χ0v) is 11.1. The molecule has 0 aliphatic rings. The van der Waals surface area contributed by atoms with E-state index < -0.39 is 9.84 Å². The smallest absolute Gasteiger partial charge is 0.149 e. The Morgan fingerprint density at radius 3 is 2.47 bits per heavy atom. The quantitative estimate of drug-likeness (QED) is 0.774. The maximum absolute atomic E-state index is 11.0. The number of sulfone groups is 1. The third kappa shape index (κ3) is 4.99. The first-order chi connectivity index (χ1) is 7.94. The largest absolute Gasteiger partial charge is 0.373 e. The van der Waals surface area contributed by atoms with E-state index >= 15 is 0 Å². The van der Waals surface area contributed by atoms with E-state index in [1.807, 2.05) is 6.92 Å². The summed E-state index contributed by atoms with van der Waals surface area (Å²) in [6.07, 6.45) is 1.95. The molecule has 0 bridgehead atoms. The van der Waals surface area contributed by atoms with E-state index in [1.54, 1.807) is 13.1 Å². The molecule has 6 nitrogen and oxygen atoms in total. The van der Waals surface area contributed by atoms with Gasteiger partial charge in [0.15, 0.2) is 0 Å². The van der Waals surface area contributed by atoms with Gasteiger partial charge in [0.2, 0.25) is 0 Å². The monoisotopic (exact) mass is 258 g/mol. The summed E-state index contributed by atoms with van der Waals surface area (Å²) in [7, 11) is -1.17. The molecule has 0 fully saturated rings. The van der Waals surface area contributed by atoms with Crippen LogP contribution in [0.2, 0.25) is 0 Å². The molecule has 1 heterocycles. The molecule has 17 heavy (non-hydrogen) atoms. The predicted octanol–water partition coefficient (Wildman–Crippen LogP) is 0.537. The number of hydrogen-bond acceptors (Lipinski definition) is 6. The number of rotatable bonds is 6. The van der Waals surface area contributed by atoms with Gasteiger partial charge in [0.1, 0.15) is 27.3 Å². The standard InChI is InChI=1S/C10H18N4O2S/c1-4-8-13-9(11-2)7-10(14-8)12-5-6-17(3,15)16/h7H,4-6H2,1-3H3,(H2,11,12,13,14). The van der Waals surface area contributed by atoms with Gasteiger partial charge in [-0.15, -0.1) is 0 Å². The minimum absolute atomic E-state index is 0.0906. The van der Waals surface area contributed by atoms with Gasteiger partial charge in [0, 0.05) is 32.3 Å². The molecule has 96 valence electrons. The Bertz CT molecular complexity index is 451. The highest BCUT2D eigenvalue weighted by Gasteiger charge is 2.04. The average Bonchev–Trinajstić information content (AvgIpc) is 2.26. The molecule has 1 aromatic heterocycles. The van der Waals surface area contributed by atoms with Crippen LogP contribution in [0.25, 0.3) is 0 Å². The second kappa shape index (κ2) is 5.81. The van der Waals surface area contributed by atoms with Crippen molar-refractivity contribution in [1.82, 2.24) is 9.97 Å². The van der Waals surface area contributed by atoms with E-state index in [1.165, 1.54) is 6.26 Å². The van der Waals surface area contributed by atoms with Gasteiger partial charge < -0.3 is 10.6 Å². The summed E-state index contributed by atoms with van der Waals surface area (Å²) in [4.78, 5) is 8.51. The Morgan fingerprint density at radius 2 is 1.94 bits per heavy atom. The van der Waals surface area contributed by atoms with E-state index in [0.29, 0.717) is 12.4 Å². The van der Waals surface area contributed by atoms with Gasteiger partial charge in [-0.25, -0.2) is 18.4 Å². The van der Waals surface area contributed by atoms with Crippen LogP contribution in [-0.2, 0) is 16.3 Å². The summed E-state index contributed by atoms with van der Waals surface area (Å²) in [5.41, 5.74) is 0. The van der Waals surface area contributed by atoms with Crippen molar-refractivity contribution in [1.29, 1.82) is 0 Å². The topological polar surface area (TPSA) is 84.0 Å². The molecule has 0 aromatic carbocycles. The van der Waals surface area contributed by atoms with Crippen LogP contribution in [0.1, 0.15) is 12.7 Å². The molecule has 0 amide bonds. The third-order valence-electron chi connectivity index (χ3n) is 2.12. The summed E-state index contributed by atoms with van der Waals surface area (Å²) in [5, 5.41) is 5.92. The number of aromatic nitrogens is 2. The van der Waals surface area contributed by atoms with Gasteiger partial charge in [-0.2, -0.15) is 0 Å². The SMILES string of the molecule is CCc1nc(NC)cc(NCCS(C)(=O)=O)n1. The summed E-state index contributed by atoms with van der Waals surface area (Å²) >= 11 is 0. The third-order valence-corrected chi connectivity index (χ3v) is 3.07. The van der Waals surface area contributed by atoms with Gasteiger partial charge in [0.05, 0.1) is 5.75 Å². The average molecular weight is 258 g/mol. The Morgan fingerprint density at radius 1 is 1.29 bits per heavy atom. The molecule has 2 N–H and O–H groups in total. The van der Waals surface area contributed by atoms with E-state index in [4.69, 9.17) is 0 Å². The number of aryl methyl sites for hydroxylation is 1. The fourth-order valence-electron chi connectivity index (χ4n) is 1.24. The highest BCUT2D eigenvalue weighted by Crippen LogP contribution is 2.10. The lowest BCUT2D eigenvalue weighted by Gasteiger charge is -2.08. The summed E-state index contributed by atoms with van der Waals surface area (Å²) in [5.74, 6) is 2.18. The van der Waals surface area contributed by atoms with Crippen LogP contribution in [0.5, 0.6) is 0 Å². The van der Waals surface area contributed by atoms with Crippen LogP contribution in [0.15, 0.2) is 6.07 Å². The molecule has 0 saturated heterocycles. The Hall–Kier alpha value is -1.37. The molecule has 0 aliphatic carbocycles. The number of nitrogens with zero attached hydrogens (tertiary/aromatic N) is 2. The molecule has 0 radical (unpaired) electrons. The molecule has 0 spiro atoms. The molecular formula is C10H18N4O2S. The molecule has 0 atom stereocenters. The van der Waals surface area contributed by atoms with Gasteiger partial charge in [-0.05, 0) is 0 Å². The van der Waals surface area contributed by atoms with Crippen LogP contribution in [0, 0.1) is 0 Å². The highest BCUT2D eigenvalue weighted by atomic mass is 32.2. The van der Waals surface area contributed by atoms with Crippen LogP contribution in [-0.4, -0.2) is 44.0 Å². The van der Waals surface area contributed by atoms with E-state index in [-0.39, 0.29) is 5.75 Å². The van der Waals surface area contributed by atoms with E-state index in [2.05, 4.69) is 20.6 Å². The molecule has 0 unspecified atom stereocenters. The van der Waals surface area contributed by atoms with Crippen LogP contribution in [0.3, 0.4) is 0 Å². The fourth-order valence-corrected chi connectivity index (χ4v) is 1.71. The first kappa shape index (κ1) is 13.7. The van der Waals surface area contributed by atoms with Crippen LogP contribution >= 0.6 is 0 Å². The number of hydrogen-bond donors (Lipinski definition) is 2. The van der Waals surface area contributed by atoms with Gasteiger partial charge >= 0.3 is 0 Å². The van der Waals surface area contributed by atoms with Crippen molar-refractivity contribution >= 4 is 21.5 Å². The summed E-state index contributed by atoms with van der Waals surface area (Å²) in [6, 6.07) is 1.75. The van der Waals surface area contributed by atoms with Crippen molar-refractivity contribution in [2.75, 3.05) is 36.2 Å². The van der Waals surface area contributed by atoms with Gasteiger partial charge in [-0.1, -0.05) is 6.92 Å². The highest BCUT2D eigenvalue weighted by molar-refractivity contribution is 7.90. The maximum atomic E-state index is 11.0.